The minimum absolute atomic E-state index is 0. The van der Waals surface area contributed by atoms with Crippen LogP contribution in [0.3, 0.4) is 0 Å². The summed E-state index contributed by atoms with van der Waals surface area (Å²) in [6, 6.07) is 5.98. The molecule has 0 aliphatic carbocycles. The average Bonchev–Trinajstić information content (AvgIpc) is 2.73. The van der Waals surface area contributed by atoms with E-state index in [1.165, 1.54) is 18.4 Å². The molecule has 1 N–H and O–H groups in total. The normalized spacial score (nSPS) is 25.8. The number of hydrogen-bond donors (Lipinski definition) is 1. The molecule has 3 rings (SSSR count). The maximum atomic E-state index is 9.61. The fourth-order valence-corrected chi connectivity index (χ4v) is 3.20. The lowest BCUT2D eigenvalue weighted by molar-refractivity contribution is 0.147. The maximum Gasteiger partial charge on any atom is 0.123 e. The van der Waals surface area contributed by atoms with Gasteiger partial charge in [0.05, 0.1) is 6.04 Å². The molecule has 100 valence electrons. The zero-order valence-electron chi connectivity index (χ0n) is 10.6. The van der Waals surface area contributed by atoms with Crippen molar-refractivity contribution in [2.24, 2.45) is 0 Å². The summed E-state index contributed by atoms with van der Waals surface area (Å²) in [6.07, 6.45) is 2.38. The van der Waals surface area contributed by atoms with Gasteiger partial charge in [0.1, 0.15) is 18.1 Å². The van der Waals surface area contributed by atoms with Crippen molar-refractivity contribution >= 4 is 12.4 Å². The van der Waals surface area contributed by atoms with E-state index in [1.807, 2.05) is 12.1 Å². The van der Waals surface area contributed by atoms with Gasteiger partial charge in [0.15, 0.2) is 0 Å². The molecular weight excluding hydrogens is 250 g/mol. The van der Waals surface area contributed by atoms with E-state index in [0.717, 1.165) is 25.4 Å². The van der Waals surface area contributed by atoms with Crippen molar-refractivity contribution in [3.8, 4) is 11.5 Å². The van der Waals surface area contributed by atoms with Gasteiger partial charge in [-0.2, -0.15) is 0 Å². The maximum absolute atomic E-state index is 9.61. The predicted molar refractivity (Wildman–Crippen MR) is 73.9 cm³/mol. The van der Waals surface area contributed by atoms with E-state index in [9.17, 15) is 5.11 Å². The van der Waals surface area contributed by atoms with Gasteiger partial charge in [-0.05, 0) is 44.1 Å². The second kappa shape index (κ2) is 5.37. The van der Waals surface area contributed by atoms with Crippen molar-refractivity contribution in [3.63, 3.8) is 0 Å². The molecule has 0 aromatic heterocycles. The average molecular weight is 270 g/mol. The Balaban J connectivity index is 0.00000120. The zero-order chi connectivity index (χ0) is 11.8. The van der Waals surface area contributed by atoms with Crippen molar-refractivity contribution in [2.75, 3.05) is 19.7 Å². The molecular formula is C14H20ClNO2. The minimum atomic E-state index is 0. The van der Waals surface area contributed by atoms with Crippen LogP contribution in [-0.2, 0) is 0 Å². The first kappa shape index (κ1) is 13.5. The standard InChI is InChI=1S/C14H19NO2.ClH/c1-2-6-15-7-5-11-12-8-10(16)3-4-14(12)17-9-13(11)15;/h3-4,8,11,13,16H,2,5-7,9H2,1H3;1H/t11-,13+;/m0./s1. The van der Waals surface area contributed by atoms with Crippen LogP contribution in [0, 0.1) is 0 Å². The Hall–Kier alpha value is -0.930. The van der Waals surface area contributed by atoms with E-state index >= 15 is 0 Å². The topological polar surface area (TPSA) is 32.7 Å². The summed E-state index contributed by atoms with van der Waals surface area (Å²) < 4.78 is 5.82. The highest BCUT2D eigenvalue weighted by atomic mass is 35.5. The van der Waals surface area contributed by atoms with E-state index in [0.29, 0.717) is 17.7 Å². The van der Waals surface area contributed by atoms with Gasteiger partial charge in [-0.3, -0.25) is 4.90 Å². The highest BCUT2D eigenvalue weighted by molar-refractivity contribution is 5.85. The van der Waals surface area contributed by atoms with Gasteiger partial charge in [-0.25, -0.2) is 0 Å². The quantitative estimate of drug-likeness (QED) is 0.896. The number of benzene rings is 1. The summed E-state index contributed by atoms with van der Waals surface area (Å²) >= 11 is 0. The fraction of sp³-hybridized carbons (Fsp3) is 0.571. The van der Waals surface area contributed by atoms with E-state index in [1.54, 1.807) is 6.07 Å². The van der Waals surface area contributed by atoms with Gasteiger partial charge >= 0.3 is 0 Å². The third-order valence-electron chi connectivity index (χ3n) is 3.97. The lowest BCUT2D eigenvalue weighted by atomic mass is 9.89. The molecule has 0 bridgehead atoms. The van der Waals surface area contributed by atoms with Crippen LogP contribution in [-0.4, -0.2) is 35.7 Å². The minimum Gasteiger partial charge on any atom is -0.508 e. The Morgan fingerprint density at radius 3 is 3.06 bits per heavy atom. The Labute approximate surface area is 114 Å². The van der Waals surface area contributed by atoms with Crippen LogP contribution in [0.1, 0.15) is 31.2 Å². The molecule has 0 saturated carbocycles. The number of hydrogen-bond acceptors (Lipinski definition) is 3. The molecule has 0 amide bonds. The van der Waals surface area contributed by atoms with Gasteiger partial charge < -0.3 is 9.84 Å². The van der Waals surface area contributed by atoms with Crippen LogP contribution in [0.4, 0.5) is 0 Å². The first-order valence-corrected chi connectivity index (χ1v) is 6.49. The highest BCUT2D eigenvalue weighted by Gasteiger charge is 2.39. The Morgan fingerprint density at radius 1 is 1.44 bits per heavy atom. The smallest absolute Gasteiger partial charge is 0.123 e. The van der Waals surface area contributed by atoms with Crippen LogP contribution in [0.15, 0.2) is 18.2 Å². The summed E-state index contributed by atoms with van der Waals surface area (Å²) in [5.74, 6) is 1.85. The highest BCUT2D eigenvalue weighted by Crippen LogP contribution is 2.43. The second-order valence-electron chi connectivity index (χ2n) is 5.03. The third-order valence-corrected chi connectivity index (χ3v) is 3.97. The van der Waals surface area contributed by atoms with E-state index in [-0.39, 0.29) is 12.4 Å². The number of halogens is 1. The molecule has 2 atom stereocenters. The molecule has 2 aliphatic heterocycles. The van der Waals surface area contributed by atoms with Crippen LogP contribution < -0.4 is 4.74 Å². The van der Waals surface area contributed by atoms with Crippen molar-refractivity contribution in [1.29, 1.82) is 0 Å². The molecule has 3 nitrogen and oxygen atoms in total. The van der Waals surface area contributed by atoms with Crippen molar-refractivity contribution < 1.29 is 9.84 Å². The molecule has 1 aromatic rings. The van der Waals surface area contributed by atoms with Gasteiger partial charge in [0.25, 0.3) is 0 Å². The number of rotatable bonds is 2. The van der Waals surface area contributed by atoms with E-state index in [2.05, 4.69) is 11.8 Å². The Kier molecular flexibility index (Phi) is 4.03. The number of aromatic hydroxyl groups is 1. The molecule has 18 heavy (non-hydrogen) atoms. The number of phenolic OH excluding ortho intramolecular Hbond substituents is 1. The summed E-state index contributed by atoms with van der Waals surface area (Å²) in [5, 5.41) is 9.61. The van der Waals surface area contributed by atoms with Gasteiger partial charge in [-0.1, -0.05) is 6.92 Å². The molecule has 0 spiro atoms. The lowest BCUT2D eigenvalue weighted by Gasteiger charge is -2.33. The summed E-state index contributed by atoms with van der Waals surface area (Å²) in [5.41, 5.74) is 1.19. The molecule has 2 heterocycles. The second-order valence-corrected chi connectivity index (χ2v) is 5.03. The molecule has 1 saturated heterocycles. The zero-order valence-corrected chi connectivity index (χ0v) is 11.4. The molecule has 0 unspecified atom stereocenters. The SMILES string of the molecule is CCCN1CC[C@H]2c3cc(O)ccc3OC[C@H]21.Cl. The van der Waals surface area contributed by atoms with Crippen molar-refractivity contribution in [3.05, 3.63) is 23.8 Å². The number of phenols is 1. The number of fused-ring (bicyclic) bond motifs is 3. The number of likely N-dealkylation sites (tertiary alicyclic amines) is 1. The molecule has 0 radical (unpaired) electrons. The van der Waals surface area contributed by atoms with Crippen LogP contribution >= 0.6 is 12.4 Å². The van der Waals surface area contributed by atoms with Crippen LogP contribution in [0.25, 0.3) is 0 Å². The van der Waals surface area contributed by atoms with Crippen LogP contribution in [0.5, 0.6) is 11.5 Å². The fourth-order valence-electron chi connectivity index (χ4n) is 3.20. The Morgan fingerprint density at radius 2 is 2.28 bits per heavy atom. The molecule has 1 fully saturated rings. The monoisotopic (exact) mass is 269 g/mol. The first-order chi connectivity index (χ1) is 8.29. The Bertz CT molecular complexity index is 424. The van der Waals surface area contributed by atoms with E-state index in [4.69, 9.17) is 4.74 Å². The largest absolute Gasteiger partial charge is 0.508 e. The van der Waals surface area contributed by atoms with Gasteiger partial charge in [0, 0.05) is 11.5 Å². The number of nitrogens with zero attached hydrogens (tertiary/aromatic N) is 1. The lowest BCUT2D eigenvalue weighted by Crippen LogP contribution is -2.39. The molecule has 2 aliphatic rings. The third kappa shape index (κ3) is 2.17. The molecule has 4 heteroatoms. The van der Waals surface area contributed by atoms with E-state index < -0.39 is 0 Å². The predicted octanol–water partition coefficient (Wildman–Crippen LogP) is 2.77. The summed E-state index contributed by atoms with van der Waals surface area (Å²) in [6.45, 7) is 5.32. The number of ether oxygens (including phenoxy) is 1. The van der Waals surface area contributed by atoms with Crippen LogP contribution in [0.2, 0.25) is 0 Å². The summed E-state index contributed by atoms with van der Waals surface area (Å²) in [7, 11) is 0. The van der Waals surface area contributed by atoms with Gasteiger partial charge in [0.2, 0.25) is 0 Å². The van der Waals surface area contributed by atoms with Crippen molar-refractivity contribution in [2.45, 2.75) is 31.7 Å². The summed E-state index contributed by atoms with van der Waals surface area (Å²) in [4.78, 5) is 2.53. The molecule has 1 aromatic carbocycles. The van der Waals surface area contributed by atoms with Crippen molar-refractivity contribution in [1.82, 2.24) is 4.90 Å². The first-order valence-electron chi connectivity index (χ1n) is 6.49. The van der Waals surface area contributed by atoms with Gasteiger partial charge in [-0.15, -0.1) is 12.4 Å².